The highest BCUT2D eigenvalue weighted by molar-refractivity contribution is 6.34. The molecule has 1 aromatic carbocycles. The molecule has 2 nitrogen and oxygen atoms in total. The summed E-state index contributed by atoms with van der Waals surface area (Å²) in [4.78, 5) is 10.9. The van der Waals surface area contributed by atoms with Crippen LogP contribution in [0.3, 0.4) is 0 Å². The maximum atomic E-state index is 10.9. The number of benzene rings is 1. The monoisotopic (exact) mass is 321 g/mol. The number of Topliss-reactive ketones (excluding diaryl/α,β-unsaturated/α-hetero) is 1. The van der Waals surface area contributed by atoms with Gasteiger partial charge in [0.25, 0.3) is 0 Å². The molecule has 0 fully saturated rings. The van der Waals surface area contributed by atoms with Gasteiger partial charge in [0.2, 0.25) is 0 Å². The predicted molar refractivity (Wildman–Crippen MR) is 92.9 cm³/mol. The predicted octanol–water partition coefficient (Wildman–Crippen LogP) is 5.53. The zero-order valence-corrected chi connectivity index (χ0v) is 15.3. The van der Waals surface area contributed by atoms with Crippen LogP contribution >= 0.6 is 23.2 Å². The number of carbonyl (C=O) groups excluding carboxylic acids is 1. The second kappa shape index (κ2) is 16.5. The molecular weight excluding hydrogens is 293 g/mol. The van der Waals surface area contributed by atoms with Gasteiger partial charge in [-0.25, -0.2) is 0 Å². The largest absolute Gasteiger partial charge is 0.321 e. The van der Waals surface area contributed by atoms with Gasteiger partial charge in [-0.1, -0.05) is 64.7 Å². The minimum absolute atomic E-state index is 0.0407. The number of nitrogens with two attached hydrogens (primary N) is 1. The van der Waals surface area contributed by atoms with Crippen LogP contribution in [-0.2, 0) is 11.2 Å². The van der Waals surface area contributed by atoms with E-state index in [9.17, 15) is 4.79 Å². The first-order valence-corrected chi connectivity index (χ1v) is 7.95. The first kappa shape index (κ1) is 24.4. The van der Waals surface area contributed by atoms with Crippen molar-refractivity contribution >= 4 is 29.0 Å². The summed E-state index contributed by atoms with van der Waals surface area (Å²) in [5, 5.41) is 1.12. The molecule has 0 radical (unpaired) electrons. The zero-order valence-electron chi connectivity index (χ0n) is 13.8. The summed E-state index contributed by atoms with van der Waals surface area (Å²) < 4.78 is 0. The molecule has 0 aliphatic heterocycles. The Morgan fingerprint density at radius 3 is 1.65 bits per heavy atom. The molecular formula is C16H29Cl2NO. The van der Waals surface area contributed by atoms with Crippen molar-refractivity contribution < 1.29 is 4.79 Å². The summed E-state index contributed by atoms with van der Waals surface area (Å²) in [6.07, 6.45) is 0.468. The van der Waals surface area contributed by atoms with Gasteiger partial charge in [-0.05, 0) is 37.1 Å². The quantitative estimate of drug-likeness (QED) is 0.795. The molecule has 0 aliphatic carbocycles. The van der Waals surface area contributed by atoms with Crippen molar-refractivity contribution in [2.75, 3.05) is 0 Å². The van der Waals surface area contributed by atoms with Crippen LogP contribution in [0.4, 0.5) is 0 Å². The Labute approximate surface area is 134 Å². The molecule has 2 N–H and O–H groups in total. The molecule has 0 aromatic heterocycles. The average Bonchev–Trinajstić information content (AvgIpc) is 2.44. The third-order valence-electron chi connectivity index (χ3n) is 1.90. The molecule has 1 rings (SSSR count). The molecule has 0 bridgehead atoms. The molecule has 0 saturated heterocycles. The van der Waals surface area contributed by atoms with Gasteiger partial charge in [0.15, 0.2) is 0 Å². The number of ketones is 1. The maximum Gasteiger partial charge on any atom is 0.146 e. The smallest absolute Gasteiger partial charge is 0.146 e. The van der Waals surface area contributed by atoms with Gasteiger partial charge in [0.05, 0.1) is 6.04 Å². The van der Waals surface area contributed by atoms with Gasteiger partial charge in [0, 0.05) is 10.0 Å². The van der Waals surface area contributed by atoms with E-state index < -0.39 is 6.04 Å². The molecule has 4 heteroatoms. The van der Waals surface area contributed by atoms with Crippen molar-refractivity contribution in [3.05, 3.63) is 33.8 Å². The lowest BCUT2D eigenvalue weighted by molar-refractivity contribution is -0.118. The highest BCUT2D eigenvalue weighted by Gasteiger charge is 2.09. The van der Waals surface area contributed by atoms with Crippen LogP contribution in [0, 0.1) is 0 Å². The van der Waals surface area contributed by atoms with Crippen molar-refractivity contribution in [3.63, 3.8) is 0 Å². The van der Waals surface area contributed by atoms with Crippen LogP contribution in [0.2, 0.25) is 10.0 Å². The standard InChI is InChI=1S/C10H11Cl2NO.3C2H6/c1-6(14)10(13)4-7-2-8(11)5-9(12)3-7;3*1-2/h2-3,5,10H,4,13H2,1H3;3*1-2H3. The summed E-state index contributed by atoms with van der Waals surface area (Å²) in [5.74, 6) is -0.0407. The fourth-order valence-corrected chi connectivity index (χ4v) is 1.70. The lowest BCUT2D eigenvalue weighted by Crippen LogP contribution is -2.30. The fraction of sp³-hybridized carbons (Fsp3) is 0.562. The Morgan fingerprint density at radius 1 is 1.00 bits per heavy atom. The third kappa shape index (κ3) is 12.5. The number of rotatable bonds is 3. The minimum Gasteiger partial charge on any atom is -0.321 e. The van der Waals surface area contributed by atoms with E-state index in [4.69, 9.17) is 28.9 Å². The van der Waals surface area contributed by atoms with Gasteiger partial charge in [-0.2, -0.15) is 0 Å². The van der Waals surface area contributed by atoms with Crippen molar-refractivity contribution in [1.29, 1.82) is 0 Å². The molecule has 20 heavy (non-hydrogen) atoms. The zero-order chi connectivity index (χ0) is 16.7. The van der Waals surface area contributed by atoms with Crippen LogP contribution in [-0.4, -0.2) is 11.8 Å². The van der Waals surface area contributed by atoms with Gasteiger partial charge in [0.1, 0.15) is 5.78 Å². The van der Waals surface area contributed by atoms with E-state index >= 15 is 0 Å². The van der Waals surface area contributed by atoms with E-state index in [0.717, 1.165) is 5.56 Å². The van der Waals surface area contributed by atoms with Gasteiger partial charge in [-0.3, -0.25) is 4.79 Å². The number of hydrogen-bond acceptors (Lipinski definition) is 2. The summed E-state index contributed by atoms with van der Waals surface area (Å²) in [5.41, 5.74) is 6.49. The SMILES string of the molecule is CC.CC.CC.CC(=O)C(N)Cc1cc(Cl)cc(Cl)c1. The Morgan fingerprint density at radius 2 is 1.35 bits per heavy atom. The van der Waals surface area contributed by atoms with Crippen LogP contribution in [0.5, 0.6) is 0 Å². The van der Waals surface area contributed by atoms with Crippen LogP contribution in [0.25, 0.3) is 0 Å². The normalized spacial score (nSPS) is 9.70. The topological polar surface area (TPSA) is 43.1 Å². The number of halogens is 2. The van der Waals surface area contributed by atoms with Crippen molar-refractivity contribution in [2.45, 2.75) is 60.9 Å². The average molecular weight is 322 g/mol. The number of carbonyl (C=O) groups is 1. The van der Waals surface area contributed by atoms with Crippen molar-refractivity contribution in [3.8, 4) is 0 Å². The summed E-state index contributed by atoms with van der Waals surface area (Å²) >= 11 is 11.6. The Balaban J connectivity index is -0.000000425. The molecule has 0 amide bonds. The second-order valence-electron chi connectivity index (χ2n) is 3.20. The van der Waals surface area contributed by atoms with Crippen molar-refractivity contribution in [1.82, 2.24) is 0 Å². The van der Waals surface area contributed by atoms with Gasteiger partial charge >= 0.3 is 0 Å². The summed E-state index contributed by atoms with van der Waals surface area (Å²) in [6.45, 7) is 13.5. The Kier molecular flexibility index (Phi) is 20.2. The minimum atomic E-state index is -0.482. The van der Waals surface area contributed by atoms with Crippen molar-refractivity contribution in [2.24, 2.45) is 5.73 Å². The molecule has 118 valence electrons. The molecule has 1 aromatic rings. The van der Waals surface area contributed by atoms with E-state index in [1.807, 2.05) is 41.5 Å². The molecule has 1 atom stereocenters. The van der Waals surface area contributed by atoms with Crippen LogP contribution in [0.1, 0.15) is 54.0 Å². The van der Waals surface area contributed by atoms with Crippen LogP contribution in [0.15, 0.2) is 18.2 Å². The highest BCUT2D eigenvalue weighted by atomic mass is 35.5. The summed E-state index contributed by atoms with van der Waals surface area (Å²) in [6, 6.07) is 4.68. The maximum absolute atomic E-state index is 10.9. The Hall–Kier alpha value is -0.570. The summed E-state index contributed by atoms with van der Waals surface area (Å²) in [7, 11) is 0. The van der Waals surface area contributed by atoms with E-state index in [0.29, 0.717) is 16.5 Å². The molecule has 0 spiro atoms. The van der Waals surface area contributed by atoms with Crippen LogP contribution < -0.4 is 5.73 Å². The second-order valence-corrected chi connectivity index (χ2v) is 4.07. The first-order chi connectivity index (χ1) is 9.49. The fourth-order valence-electron chi connectivity index (χ4n) is 1.13. The van der Waals surface area contributed by atoms with E-state index in [1.54, 1.807) is 18.2 Å². The van der Waals surface area contributed by atoms with E-state index in [-0.39, 0.29) is 5.78 Å². The highest BCUT2D eigenvalue weighted by Crippen LogP contribution is 2.19. The molecule has 0 saturated carbocycles. The molecule has 0 aliphatic rings. The van der Waals surface area contributed by atoms with E-state index in [2.05, 4.69) is 0 Å². The van der Waals surface area contributed by atoms with E-state index in [1.165, 1.54) is 6.92 Å². The number of hydrogen-bond donors (Lipinski definition) is 1. The van der Waals surface area contributed by atoms with Gasteiger partial charge < -0.3 is 5.73 Å². The lowest BCUT2D eigenvalue weighted by atomic mass is 10.0. The first-order valence-electron chi connectivity index (χ1n) is 7.20. The molecule has 1 unspecified atom stereocenters. The third-order valence-corrected chi connectivity index (χ3v) is 2.34. The molecule has 0 heterocycles. The van der Waals surface area contributed by atoms with Gasteiger partial charge in [-0.15, -0.1) is 0 Å². The Bertz CT molecular complexity index is 334. The lowest BCUT2D eigenvalue weighted by Gasteiger charge is -2.08.